The number of halogens is 2. The van der Waals surface area contributed by atoms with Crippen molar-refractivity contribution in [2.45, 2.75) is 20.3 Å². The summed E-state index contributed by atoms with van der Waals surface area (Å²) in [5.74, 6) is -1.09. The lowest BCUT2D eigenvalue weighted by atomic mass is 9.98. The van der Waals surface area contributed by atoms with Crippen molar-refractivity contribution in [3.05, 3.63) is 59.2 Å². The number of benzene rings is 2. The van der Waals surface area contributed by atoms with E-state index in [4.69, 9.17) is 0 Å². The Labute approximate surface area is 99.9 Å². The third-order valence-electron chi connectivity index (χ3n) is 2.92. The highest BCUT2D eigenvalue weighted by Gasteiger charge is 2.04. The number of rotatable bonds is 2. The SMILES string of the molecule is CCc1ccc(-c2cc(F)cc(F)c2)cc1C. The van der Waals surface area contributed by atoms with Crippen LogP contribution in [0.25, 0.3) is 11.1 Å². The van der Waals surface area contributed by atoms with Crippen LogP contribution in [0.5, 0.6) is 0 Å². The molecule has 2 rings (SSSR count). The average molecular weight is 232 g/mol. The summed E-state index contributed by atoms with van der Waals surface area (Å²) in [6, 6.07) is 9.46. The van der Waals surface area contributed by atoms with Gasteiger partial charge in [0, 0.05) is 6.07 Å². The molecule has 0 aromatic heterocycles. The molecule has 0 amide bonds. The van der Waals surface area contributed by atoms with Gasteiger partial charge in [0.15, 0.2) is 0 Å². The van der Waals surface area contributed by atoms with Crippen LogP contribution < -0.4 is 0 Å². The molecule has 0 bridgehead atoms. The lowest BCUT2D eigenvalue weighted by Gasteiger charge is -2.07. The van der Waals surface area contributed by atoms with Crippen LogP contribution >= 0.6 is 0 Å². The molecule has 0 fully saturated rings. The van der Waals surface area contributed by atoms with E-state index in [1.165, 1.54) is 17.7 Å². The lowest BCUT2D eigenvalue weighted by Crippen LogP contribution is -1.89. The van der Waals surface area contributed by atoms with E-state index >= 15 is 0 Å². The maximum atomic E-state index is 13.1. The van der Waals surface area contributed by atoms with Crippen molar-refractivity contribution in [2.75, 3.05) is 0 Å². The minimum Gasteiger partial charge on any atom is -0.207 e. The van der Waals surface area contributed by atoms with Gasteiger partial charge in [0.1, 0.15) is 11.6 Å². The molecular formula is C15H14F2. The molecule has 0 radical (unpaired) electrons. The Morgan fingerprint density at radius 2 is 1.53 bits per heavy atom. The molecule has 0 spiro atoms. The van der Waals surface area contributed by atoms with Gasteiger partial charge in [0.25, 0.3) is 0 Å². The van der Waals surface area contributed by atoms with Gasteiger partial charge < -0.3 is 0 Å². The summed E-state index contributed by atoms with van der Waals surface area (Å²) < 4.78 is 26.2. The first-order valence-corrected chi connectivity index (χ1v) is 5.66. The standard InChI is InChI=1S/C15H14F2/c1-3-11-4-5-12(6-10(11)2)13-7-14(16)9-15(17)8-13/h4-9H,3H2,1-2H3. The fourth-order valence-corrected chi connectivity index (χ4v) is 1.99. The Morgan fingerprint density at radius 1 is 0.882 bits per heavy atom. The zero-order valence-electron chi connectivity index (χ0n) is 9.93. The van der Waals surface area contributed by atoms with Crippen LogP contribution in [0.15, 0.2) is 36.4 Å². The fraction of sp³-hybridized carbons (Fsp3) is 0.200. The largest absolute Gasteiger partial charge is 0.207 e. The average Bonchev–Trinajstić information content (AvgIpc) is 2.27. The second kappa shape index (κ2) is 4.66. The molecule has 0 heterocycles. The summed E-state index contributed by atoms with van der Waals surface area (Å²) in [5.41, 5.74) is 3.83. The van der Waals surface area contributed by atoms with Crippen molar-refractivity contribution in [2.24, 2.45) is 0 Å². The Bertz CT molecular complexity index is 524. The normalized spacial score (nSPS) is 10.6. The summed E-state index contributed by atoms with van der Waals surface area (Å²) >= 11 is 0. The number of hydrogen-bond acceptors (Lipinski definition) is 0. The van der Waals surface area contributed by atoms with Gasteiger partial charge in [0.05, 0.1) is 0 Å². The molecule has 0 unspecified atom stereocenters. The Morgan fingerprint density at radius 3 is 2.06 bits per heavy atom. The van der Waals surface area contributed by atoms with Crippen LogP contribution in [-0.4, -0.2) is 0 Å². The number of aryl methyl sites for hydroxylation is 2. The first-order valence-electron chi connectivity index (χ1n) is 5.66. The Kier molecular flexibility index (Phi) is 3.23. The Hall–Kier alpha value is -1.70. The molecule has 0 saturated heterocycles. The predicted molar refractivity (Wildman–Crippen MR) is 65.9 cm³/mol. The highest BCUT2D eigenvalue weighted by Crippen LogP contribution is 2.24. The molecule has 2 aromatic rings. The van der Waals surface area contributed by atoms with Crippen molar-refractivity contribution in [1.29, 1.82) is 0 Å². The van der Waals surface area contributed by atoms with Crippen LogP contribution in [0.1, 0.15) is 18.1 Å². The van der Waals surface area contributed by atoms with Crippen molar-refractivity contribution in [3.63, 3.8) is 0 Å². The summed E-state index contributed by atoms with van der Waals surface area (Å²) in [6.45, 7) is 4.10. The maximum Gasteiger partial charge on any atom is 0.126 e. The predicted octanol–water partition coefficient (Wildman–Crippen LogP) is 4.50. The molecule has 2 aromatic carbocycles. The quantitative estimate of drug-likeness (QED) is 0.715. The van der Waals surface area contributed by atoms with E-state index in [0.717, 1.165) is 23.6 Å². The van der Waals surface area contributed by atoms with E-state index in [-0.39, 0.29) is 0 Å². The molecule has 0 aliphatic heterocycles. The molecule has 0 N–H and O–H groups in total. The smallest absolute Gasteiger partial charge is 0.126 e. The van der Waals surface area contributed by atoms with Crippen molar-refractivity contribution >= 4 is 0 Å². The van der Waals surface area contributed by atoms with E-state index < -0.39 is 11.6 Å². The first-order chi connectivity index (χ1) is 8.10. The van der Waals surface area contributed by atoms with Crippen LogP contribution in [0.3, 0.4) is 0 Å². The van der Waals surface area contributed by atoms with E-state index in [9.17, 15) is 8.78 Å². The van der Waals surface area contributed by atoms with Crippen LogP contribution in [0, 0.1) is 18.6 Å². The van der Waals surface area contributed by atoms with Gasteiger partial charge in [-0.3, -0.25) is 0 Å². The highest BCUT2D eigenvalue weighted by atomic mass is 19.1. The van der Waals surface area contributed by atoms with Gasteiger partial charge in [0.2, 0.25) is 0 Å². The molecule has 17 heavy (non-hydrogen) atoms. The fourth-order valence-electron chi connectivity index (χ4n) is 1.99. The first kappa shape index (κ1) is 11.8. The zero-order valence-corrected chi connectivity index (χ0v) is 9.93. The van der Waals surface area contributed by atoms with Crippen LogP contribution in [0.4, 0.5) is 8.78 Å². The molecule has 0 atom stereocenters. The summed E-state index contributed by atoms with van der Waals surface area (Å²) in [4.78, 5) is 0. The summed E-state index contributed by atoms with van der Waals surface area (Å²) in [5, 5.41) is 0. The van der Waals surface area contributed by atoms with Crippen LogP contribution in [0.2, 0.25) is 0 Å². The minimum atomic E-state index is -0.544. The molecular weight excluding hydrogens is 218 g/mol. The van der Waals surface area contributed by atoms with E-state index in [0.29, 0.717) is 5.56 Å². The van der Waals surface area contributed by atoms with Gasteiger partial charge in [-0.05, 0) is 47.7 Å². The highest BCUT2D eigenvalue weighted by molar-refractivity contribution is 5.65. The zero-order chi connectivity index (χ0) is 12.4. The van der Waals surface area contributed by atoms with Gasteiger partial charge in [-0.15, -0.1) is 0 Å². The van der Waals surface area contributed by atoms with Gasteiger partial charge >= 0.3 is 0 Å². The monoisotopic (exact) mass is 232 g/mol. The molecule has 0 aliphatic rings. The molecule has 88 valence electrons. The van der Waals surface area contributed by atoms with E-state index in [2.05, 4.69) is 6.92 Å². The molecule has 2 heteroatoms. The van der Waals surface area contributed by atoms with Crippen molar-refractivity contribution in [3.8, 4) is 11.1 Å². The van der Waals surface area contributed by atoms with Crippen LogP contribution in [-0.2, 0) is 6.42 Å². The van der Waals surface area contributed by atoms with Crippen molar-refractivity contribution < 1.29 is 8.78 Å². The summed E-state index contributed by atoms with van der Waals surface area (Å²) in [7, 11) is 0. The van der Waals surface area contributed by atoms with E-state index in [1.54, 1.807) is 0 Å². The minimum absolute atomic E-state index is 0.544. The topological polar surface area (TPSA) is 0 Å². The maximum absolute atomic E-state index is 13.1. The summed E-state index contributed by atoms with van der Waals surface area (Å²) in [6.07, 6.45) is 0.962. The van der Waals surface area contributed by atoms with E-state index in [1.807, 2.05) is 25.1 Å². The molecule has 0 saturated carbocycles. The van der Waals surface area contributed by atoms with Crippen molar-refractivity contribution in [1.82, 2.24) is 0 Å². The van der Waals surface area contributed by atoms with Gasteiger partial charge in [-0.2, -0.15) is 0 Å². The molecule has 0 aliphatic carbocycles. The van der Waals surface area contributed by atoms with Gasteiger partial charge in [-0.25, -0.2) is 8.78 Å². The lowest BCUT2D eigenvalue weighted by molar-refractivity contribution is 0.584. The van der Waals surface area contributed by atoms with Gasteiger partial charge in [-0.1, -0.05) is 25.1 Å². The molecule has 0 nitrogen and oxygen atoms in total. The third kappa shape index (κ3) is 2.52. The second-order valence-electron chi connectivity index (χ2n) is 4.15. The Balaban J connectivity index is 2.49. The number of hydrogen-bond donors (Lipinski definition) is 0. The second-order valence-corrected chi connectivity index (χ2v) is 4.15. The third-order valence-corrected chi connectivity index (χ3v) is 2.92.